The maximum atomic E-state index is 11.7. The quantitative estimate of drug-likeness (QED) is 0.610. The molecule has 0 aliphatic carbocycles. The Morgan fingerprint density at radius 3 is 2.58 bits per heavy atom. The van der Waals surface area contributed by atoms with Gasteiger partial charge in [-0.3, -0.25) is 4.79 Å². The van der Waals surface area contributed by atoms with Crippen LogP contribution in [0, 0.1) is 0 Å². The Kier molecular flexibility index (Phi) is 9.24. The van der Waals surface area contributed by atoms with Crippen molar-refractivity contribution in [1.29, 1.82) is 0 Å². The highest BCUT2D eigenvalue weighted by molar-refractivity contribution is 6.44. The highest BCUT2D eigenvalue weighted by Crippen LogP contribution is 2.11. The number of carbonyl (C=O) groups is 1. The van der Waals surface area contributed by atoms with E-state index in [-0.39, 0.29) is 18.2 Å². The van der Waals surface area contributed by atoms with Crippen molar-refractivity contribution in [1.82, 2.24) is 15.1 Å². The van der Waals surface area contributed by atoms with E-state index in [4.69, 9.17) is 9.57 Å². The summed E-state index contributed by atoms with van der Waals surface area (Å²) in [6.07, 6.45) is 3.57. The molecule has 0 bridgehead atoms. The van der Waals surface area contributed by atoms with Crippen molar-refractivity contribution in [3.8, 4) is 11.6 Å². The van der Waals surface area contributed by atoms with Gasteiger partial charge in [-0.05, 0) is 30.7 Å². The molecule has 1 heterocycles. The summed E-state index contributed by atoms with van der Waals surface area (Å²) in [5, 5.41) is 10.6. The van der Waals surface area contributed by atoms with E-state index in [1.165, 1.54) is 14.2 Å². The molecule has 2 aromatic rings. The van der Waals surface area contributed by atoms with Gasteiger partial charge in [0.25, 0.3) is 5.91 Å². The number of ether oxygens (including phenoxy) is 1. The van der Waals surface area contributed by atoms with Crippen molar-refractivity contribution in [3.63, 3.8) is 0 Å². The molecule has 0 saturated heterocycles. The van der Waals surface area contributed by atoms with Crippen molar-refractivity contribution in [2.24, 2.45) is 5.16 Å². The number of benzene rings is 1. The number of hydrogen-bond donors (Lipinski definition) is 1. The summed E-state index contributed by atoms with van der Waals surface area (Å²) in [6.45, 7) is 6.02. The molecule has 1 N–H and O–H groups in total. The smallest absolute Gasteiger partial charge is 0.273 e. The minimum atomic E-state index is -0.320. The normalized spacial score (nSPS) is 11.3. The molecule has 0 fully saturated rings. The van der Waals surface area contributed by atoms with Gasteiger partial charge in [0.05, 0.1) is 5.69 Å². The molecule has 1 aromatic carbocycles. The van der Waals surface area contributed by atoms with Crippen LogP contribution in [-0.4, -0.2) is 42.2 Å². The molecule has 0 atom stereocenters. The van der Waals surface area contributed by atoms with Crippen molar-refractivity contribution >= 4 is 11.6 Å². The van der Waals surface area contributed by atoms with Crippen LogP contribution in [0.25, 0.3) is 5.69 Å². The number of carbonyl (C=O) groups excluding carboxylic acids is 1. The standard InChI is InChI=1S/C17H20N4O3.C2H6/c1-13(16(20-23-3)17(22)18-2)10-12-24-15-9-11-21(19-15)14-7-5-4-6-8-14;1-2/h4-11H,12H2,1-3H3,(H,18,22);1-2H3/b13-10-,20-16+;. The number of nitrogens with zero attached hydrogens (tertiary/aromatic N) is 3. The second kappa shape index (κ2) is 11.5. The highest BCUT2D eigenvalue weighted by Gasteiger charge is 2.12. The number of rotatable bonds is 7. The average Bonchev–Trinajstić information content (AvgIpc) is 3.16. The van der Waals surface area contributed by atoms with E-state index in [1.54, 1.807) is 23.7 Å². The first-order chi connectivity index (χ1) is 12.7. The SMILES string of the molecule is CC.CNC(=O)C(=N/OC)/C(C)=C\COc1ccn(-c2ccccc2)n1. The lowest BCUT2D eigenvalue weighted by atomic mass is 10.1. The number of oxime groups is 1. The van der Waals surface area contributed by atoms with E-state index in [0.29, 0.717) is 11.5 Å². The van der Waals surface area contributed by atoms with Gasteiger partial charge < -0.3 is 14.9 Å². The molecule has 0 spiro atoms. The number of hydrogen-bond acceptors (Lipinski definition) is 5. The monoisotopic (exact) mass is 358 g/mol. The number of para-hydroxylation sites is 1. The molecule has 1 aromatic heterocycles. The molecule has 140 valence electrons. The van der Waals surface area contributed by atoms with Crippen molar-refractivity contribution < 1.29 is 14.4 Å². The van der Waals surface area contributed by atoms with Crippen LogP contribution in [-0.2, 0) is 9.63 Å². The van der Waals surface area contributed by atoms with Gasteiger partial charge in [0, 0.05) is 19.3 Å². The Bertz CT molecular complexity index is 736. The molecule has 7 heteroatoms. The van der Waals surface area contributed by atoms with Crippen molar-refractivity contribution in [2.75, 3.05) is 20.8 Å². The third-order valence-corrected chi connectivity index (χ3v) is 3.20. The predicted octanol–water partition coefficient (Wildman–Crippen LogP) is 2.97. The summed E-state index contributed by atoms with van der Waals surface area (Å²) >= 11 is 0. The summed E-state index contributed by atoms with van der Waals surface area (Å²) in [6, 6.07) is 11.5. The third-order valence-electron chi connectivity index (χ3n) is 3.20. The molecule has 0 saturated carbocycles. The molecule has 2 rings (SSSR count). The Morgan fingerprint density at radius 1 is 1.27 bits per heavy atom. The van der Waals surface area contributed by atoms with Crippen LogP contribution in [0.3, 0.4) is 0 Å². The molecule has 0 radical (unpaired) electrons. The van der Waals surface area contributed by atoms with Crippen LogP contribution >= 0.6 is 0 Å². The van der Waals surface area contributed by atoms with Crippen LogP contribution < -0.4 is 10.1 Å². The third kappa shape index (κ3) is 6.08. The minimum absolute atomic E-state index is 0.207. The molecule has 0 unspecified atom stereocenters. The first-order valence-corrected chi connectivity index (χ1v) is 8.40. The largest absolute Gasteiger partial charge is 0.472 e. The van der Waals surface area contributed by atoms with E-state index < -0.39 is 0 Å². The van der Waals surface area contributed by atoms with E-state index in [9.17, 15) is 4.79 Å². The Balaban J connectivity index is 0.00000163. The van der Waals surface area contributed by atoms with Gasteiger partial charge >= 0.3 is 0 Å². The molecule has 0 aliphatic heterocycles. The Hall–Kier alpha value is -3.09. The molecule has 1 amide bonds. The number of nitrogens with one attached hydrogen (secondary N) is 1. The fraction of sp³-hybridized carbons (Fsp3) is 0.316. The zero-order chi connectivity index (χ0) is 19.4. The minimum Gasteiger partial charge on any atom is -0.472 e. The maximum absolute atomic E-state index is 11.7. The van der Waals surface area contributed by atoms with E-state index in [1.807, 2.05) is 50.4 Å². The summed E-state index contributed by atoms with van der Waals surface area (Å²) in [5.41, 5.74) is 1.81. The summed E-state index contributed by atoms with van der Waals surface area (Å²) in [4.78, 5) is 16.4. The van der Waals surface area contributed by atoms with Crippen molar-refractivity contribution in [3.05, 3.63) is 54.2 Å². The Labute approximate surface area is 154 Å². The van der Waals surface area contributed by atoms with Gasteiger partial charge in [-0.25, -0.2) is 4.68 Å². The van der Waals surface area contributed by atoms with E-state index in [2.05, 4.69) is 15.6 Å². The van der Waals surface area contributed by atoms with E-state index >= 15 is 0 Å². The fourth-order valence-corrected chi connectivity index (χ4v) is 1.96. The number of aromatic nitrogens is 2. The first-order valence-electron chi connectivity index (χ1n) is 8.40. The molecular formula is C19H26N4O3. The van der Waals surface area contributed by atoms with Gasteiger partial charge in [-0.2, -0.15) is 0 Å². The van der Waals surface area contributed by atoms with Crippen LogP contribution in [0.5, 0.6) is 5.88 Å². The maximum Gasteiger partial charge on any atom is 0.273 e. The van der Waals surface area contributed by atoms with Gasteiger partial charge in [0.15, 0.2) is 5.71 Å². The van der Waals surface area contributed by atoms with Crippen molar-refractivity contribution in [2.45, 2.75) is 20.8 Å². The predicted molar refractivity (Wildman–Crippen MR) is 103 cm³/mol. The van der Waals surface area contributed by atoms with Crippen LogP contribution in [0.1, 0.15) is 20.8 Å². The summed E-state index contributed by atoms with van der Waals surface area (Å²) < 4.78 is 7.32. The topological polar surface area (TPSA) is 77.7 Å². The average molecular weight is 358 g/mol. The van der Waals surface area contributed by atoms with Crippen LogP contribution in [0.15, 0.2) is 59.4 Å². The lowest BCUT2D eigenvalue weighted by Crippen LogP contribution is -2.28. The van der Waals surface area contributed by atoms with Crippen LogP contribution in [0.4, 0.5) is 0 Å². The summed E-state index contributed by atoms with van der Waals surface area (Å²) in [7, 11) is 2.93. The van der Waals surface area contributed by atoms with Gasteiger partial charge in [-0.1, -0.05) is 37.2 Å². The zero-order valence-corrected chi connectivity index (χ0v) is 15.9. The molecular weight excluding hydrogens is 332 g/mol. The fourth-order valence-electron chi connectivity index (χ4n) is 1.96. The van der Waals surface area contributed by atoms with Gasteiger partial charge in [-0.15, -0.1) is 5.10 Å². The number of amides is 1. The highest BCUT2D eigenvalue weighted by atomic mass is 16.6. The molecule has 7 nitrogen and oxygen atoms in total. The van der Waals surface area contributed by atoms with Crippen LogP contribution in [0.2, 0.25) is 0 Å². The van der Waals surface area contributed by atoms with E-state index in [0.717, 1.165) is 5.69 Å². The Morgan fingerprint density at radius 2 is 1.96 bits per heavy atom. The molecule has 26 heavy (non-hydrogen) atoms. The second-order valence-electron chi connectivity index (χ2n) is 4.83. The summed E-state index contributed by atoms with van der Waals surface area (Å²) in [5.74, 6) is 0.173. The lowest BCUT2D eigenvalue weighted by molar-refractivity contribution is -0.114. The lowest BCUT2D eigenvalue weighted by Gasteiger charge is -2.05. The molecule has 0 aliphatic rings. The van der Waals surface area contributed by atoms with Gasteiger partial charge in [0.2, 0.25) is 5.88 Å². The van der Waals surface area contributed by atoms with Gasteiger partial charge in [0.1, 0.15) is 13.7 Å². The second-order valence-corrected chi connectivity index (χ2v) is 4.83. The zero-order valence-electron chi connectivity index (χ0n) is 15.9. The first kappa shape index (κ1) is 21.0.